The van der Waals surface area contributed by atoms with Gasteiger partial charge in [-0.1, -0.05) is 12.1 Å². The van der Waals surface area contributed by atoms with Crippen LogP contribution in [0.1, 0.15) is 24.1 Å². The van der Waals surface area contributed by atoms with Crippen LogP contribution >= 0.6 is 27.3 Å². The fourth-order valence-corrected chi connectivity index (χ4v) is 3.01. The molecule has 0 aliphatic heterocycles. The van der Waals surface area contributed by atoms with Gasteiger partial charge in [0.05, 0.1) is 16.4 Å². The van der Waals surface area contributed by atoms with E-state index in [0.29, 0.717) is 6.61 Å². The maximum absolute atomic E-state index is 5.67. The van der Waals surface area contributed by atoms with Gasteiger partial charge in [-0.15, -0.1) is 11.3 Å². The molecule has 96 valence electrons. The van der Waals surface area contributed by atoms with Crippen molar-refractivity contribution in [2.24, 2.45) is 5.84 Å². The lowest BCUT2D eigenvalue weighted by Gasteiger charge is -2.16. The van der Waals surface area contributed by atoms with E-state index in [2.05, 4.69) is 32.8 Å². The summed E-state index contributed by atoms with van der Waals surface area (Å²) in [5.74, 6) is 6.53. The lowest BCUT2D eigenvalue weighted by molar-refractivity contribution is 0.339. The number of nitrogens with one attached hydrogen (secondary N) is 1. The van der Waals surface area contributed by atoms with E-state index in [9.17, 15) is 0 Å². The van der Waals surface area contributed by atoms with E-state index >= 15 is 0 Å². The number of hydrazine groups is 1. The van der Waals surface area contributed by atoms with Crippen LogP contribution in [0.15, 0.2) is 39.5 Å². The molecule has 0 amide bonds. The smallest absolute Gasteiger partial charge is 0.119 e. The Balaban J connectivity index is 2.29. The second-order valence-corrected chi connectivity index (χ2v) is 6.08. The van der Waals surface area contributed by atoms with Crippen LogP contribution in [0.3, 0.4) is 0 Å². The Morgan fingerprint density at radius 1 is 1.39 bits per heavy atom. The Hall–Kier alpha value is -0.880. The minimum atomic E-state index is -0.0204. The Morgan fingerprint density at radius 3 is 2.83 bits per heavy atom. The molecule has 1 unspecified atom stereocenters. The van der Waals surface area contributed by atoms with Gasteiger partial charge in [0.1, 0.15) is 5.75 Å². The van der Waals surface area contributed by atoms with Gasteiger partial charge in [-0.3, -0.25) is 5.84 Å². The van der Waals surface area contributed by atoms with Gasteiger partial charge in [-0.25, -0.2) is 5.43 Å². The van der Waals surface area contributed by atoms with Gasteiger partial charge < -0.3 is 4.74 Å². The van der Waals surface area contributed by atoms with Gasteiger partial charge in [-0.2, -0.15) is 0 Å². The summed E-state index contributed by atoms with van der Waals surface area (Å²) in [4.78, 5) is 0. The molecule has 1 aromatic carbocycles. The number of halogens is 1. The molecule has 1 aromatic heterocycles. The van der Waals surface area contributed by atoms with Crippen LogP contribution in [0.2, 0.25) is 0 Å². The number of benzene rings is 1. The van der Waals surface area contributed by atoms with E-state index in [1.54, 1.807) is 11.3 Å². The standard InChI is InChI=1S/C13H15BrN2OS/c1-2-17-11-5-3-4-9(6-11)13(16-15)10-7-12(14)18-8-10/h3-8,13,16H,2,15H2,1H3. The number of hydrogen-bond acceptors (Lipinski definition) is 4. The van der Waals surface area contributed by atoms with E-state index in [-0.39, 0.29) is 6.04 Å². The summed E-state index contributed by atoms with van der Waals surface area (Å²) in [6.07, 6.45) is 0. The van der Waals surface area contributed by atoms with Crippen LogP contribution in [0, 0.1) is 0 Å². The first-order valence-electron chi connectivity index (χ1n) is 5.67. The highest BCUT2D eigenvalue weighted by Crippen LogP contribution is 2.30. The van der Waals surface area contributed by atoms with Crippen LogP contribution in [0.25, 0.3) is 0 Å². The van der Waals surface area contributed by atoms with Crippen molar-refractivity contribution in [2.45, 2.75) is 13.0 Å². The summed E-state index contributed by atoms with van der Waals surface area (Å²) in [5.41, 5.74) is 5.08. The zero-order valence-electron chi connectivity index (χ0n) is 10.0. The van der Waals surface area contributed by atoms with Crippen molar-refractivity contribution in [1.29, 1.82) is 0 Å². The van der Waals surface area contributed by atoms with E-state index in [0.717, 1.165) is 20.7 Å². The first-order chi connectivity index (χ1) is 8.74. The molecule has 5 heteroatoms. The summed E-state index contributed by atoms with van der Waals surface area (Å²) >= 11 is 5.11. The van der Waals surface area contributed by atoms with Gasteiger partial charge in [-0.05, 0) is 57.6 Å². The third kappa shape index (κ3) is 3.11. The Morgan fingerprint density at radius 2 is 2.22 bits per heavy atom. The predicted octanol–water partition coefficient (Wildman–Crippen LogP) is 3.46. The van der Waals surface area contributed by atoms with Gasteiger partial charge in [0, 0.05) is 0 Å². The topological polar surface area (TPSA) is 47.3 Å². The molecule has 0 saturated heterocycles. The lowest BCUT2D eigenvalue weighted by atomic mass is 10.0. The van der Waals surface area contributed by atoms with Crippen LogP contribution < -0.4 is 16.0 Å². The Labute approximate surface area is 119 Å². The van der Waals surface area contributed by atoms with Crippen molar-refractivity contribution in [3.8, 4) is 5.75 Å². The summed E-state index contributed by atoms with van der Waals surface area (Å²) in [7, 11) is 0. The van der Waals surface area contributed by atoms with Crippen molar-refractivity contribution in [1.82, 2.24) is 5.43 Å². The molecule has 18 heavy (non-hydrogen) atoms. The first kappa shape index (κ1) is 13.5. The van der Waals surface area contributed by atoms with Crippen molar-refractivity contribution in [3.05, 3.63) is 50.6 Å². The highest BCUT2D eigenvalue weighted by molar-refractivity contribution is 9.11. The summed E-state index contributed by atoms with van der Waals surface area (Å²) in [6, 6.07) is 10.0. The van der Waals surface area contributed by atoms with Crippen LogP contribution in [-0.2, 0) is 0 Å². The van der Waals surface area contributed by atoms with Crippen molar-refractivity contribution in [2.75, 3.05) is 6.61 Å². The fourth-order valence-electron chi connectivity index (χ4n) is 1.81. The molecule has 2 aromatic rings. The number of thiophene rings is 1. The zero-order chi connectivity index (χ0) is 13.0. The third-order valence-corrected chi connectivity index (χ3v) is 4.11. The summed E-state index contributed by atoms with van der Waals surface area (Å²) in [6.45, 7) is 2.63. The molecular weight excluding hydrogens is 312 g/mol. The Kier molecular flexibility index (Phi) is 4.77. The molecule has 0 saturated carbocycles. The minimum Gasteiger partial charge on any atom is -0.494 e. The van der Waals surface area contributed by atoms with Crippen LogP contribution in [-0.4, -0.2) is 6.61 Å². The molecule has 0 radical (unpaired) electrons. The minimum absolute atomic E-state index is 0.0204. The average molecular weight is 327 g/mol. The molecule has 0 aliphatic rings. The highest BCUT2D eigenvalue weighted by Gasteiger charge is 2.14. The van der Waals surface area contributed by atoms with E-state index in [1.807, 2.05) is 31.2 Å². The molecule has 1 atom stereocenters. The number of rotatable bonds is 5. The van der Waals surface area contributed by atoms with E-state index in [1.165, 1.54) is 0 Å². The molecule has 0 bridgehead atoms. The van der Waals surface area contributed by atoms with Gasteiger partial charge in [0.15, 0.2) is 0 Å². The quantitative estimate of drug-likeness (QED) is 0.653. The molecule has 0 fully saturated rings. The average Bonchev–Trinajstić information content (AvgIpc) is 2.78. The summed E-state index contributed by atoms with van der Waals surface area (Å²) < 4.78 is 6.60. The summed E-state index contributed by atoms with van der Waals surface area (Å²) in [5, 5.41) is 2.09. The predicted molar refractivity (Wildman–Crippen MR) is 78.8 cm³/mol. The molecule has 2 rings (SSSR count). The lowest BCUT2D eigenvalue weighted by Crippen LogP contribution is -2.28. The molecular formula is C13H15BrN2OS. The van der Waals surface area contributed by atoms with Crippen molar-refractivity contribution < 1.29 is 4.74 Å². The normalized spacial score (nSPS) is 12.4. The Bertz CT molecular complexity index is 515. The van der Waals surface area contributed by atoms with E-state index in [4.69, 9.17) is 10.6 Å². The SMILES string of the molecule is CCOc1cccc(C(NN)c2csc(Br)c2)c1. The van der Waals surface area contributed by atoms with E-state index < -0.39 is 0 Å². The fraction of sp³-hybridized carbons (Fsp3) is 0.231. The third-order valence-electron chi connectivity index (χ3n) is 2.59. The second kappa shape index (κ2) is 6.33. The molecule has 1 heterocycles. The maximum Gasteiger partial charge on any atom is 0.119 e. The van der Waals surface area contributed by atoms with Crippen LogP contribution in [0.4, 0.5) is 0 Å². The zero-order valence-corrected chi connectivity index (χ0v) is 12.4. The van der Waals surface area contributed by atoms with Crippen molar-refractivity contribution in [3.63, 3.8) is 0 Å². The molecule has 0 aliphatic carbocycles. The number of hydrogen-bond donors (Lipinski definition) is 2. The van der Waals surface area contributed by atoms with Gasteiger partial charge in [0.2, 0.25) is 0 Å². The maximum atomic E-state index is 5.67. The first-order valence-corrected chi connectivity index (χ1v) is 7.34. The van der Waals surface area contributed by atoms with Crippen molar-refractivity contribution >= 4 is 27.3 Å². The molecule has 0 spiro atoms. The molecule has 3 N–H and O–H groups in total. The monoisotopic (exact) mass is 326 g/mol. The molecule has 3 nitrogen and oxygen atoms in total. The van der Waals surface area contributed by atoms with Gasteiger partial charge >= 0.3 is 0 Å². The second-order valence-electron chi connectivity index (χ2n) is 3.79. The van der Waals surface area contributed by atoms with Gasteiger partial charge in [0.25, 0.3) is 0 Å². The highest BCUT2D eigenvalue weighted by atomic mass is 79.9. The largest absolute Gasteiger partial charge is 0.494 e. The van der Waals surface area contributed by atoms with Crippen LogP contribution in [0.5, 0.6) is 5.75 Å². The number of ether oxygens (including phenoxy) is 1. The number of nitrogens with two attached hydrogens (primary N) is 1.